The number of likely N-dealkylation sites (tertiary alicyclic amines) is 2. The summed E-state index contributed by atoms with van der Waals surface area (Å²) in [5, 5.41) is 0. The molecule has 9 heteroatoms. The lowest BCUT2D eigenvalue weighted by atomic mass is 9.76. The summed E-state index contributed by atoms with van der Waals surface area (Å²) in [6, 6.07) is 6.43. The largest absolute Gasteiger partial charge is 0.444 e. The van der Waals surface area contributed by atoms with E-state index in [4.69, 9.17) is 8.92 Å². The Balaban J connectivity index is 1.55. The Morgan fingerprint density at radius 2 is 1.75 bits per heavy atom. The minimum absolute atomic E-state index is 0.0125. The van der Waals surface area contributed by atoms with Gasteiger partial charge in [-0.2, -0.15) is 8.42 Å². The molecule has 3 rings (SSSR count). The highest BCUT2D eigenvalue weighted by molar-refractivity contribution is 7.86. The summed E-state index contributed by atoms with van der Waals surface area (Å²) >= 11 is 0. The van der Waals surface area contributed by atoms with Crippen molar-refractivity contribution < 1.29 is 26.9 Å². The van der Waals surface area contributed by atoms with E-state index < -0.39 is 21.1 Å². The lowest BCUT2D eigenvalue weighted by molar-refractivity contribution is -0.137. The molecule has 2 aliphatic heterocycles. The average molecular weight is 467 g/mol. The van der Waals surface area contributed by atoms with Crippen LogP contribution in [0.25, 0.3) is 0 Å². The second kappa shape index (κ2) is 9.02. The van der Waals surface area contributed by atoms with E-state index in [-0.39, 0.29) is 29.5 Å². The van der Waals surface area contributed by atoms with Crippen LogP contribution in [0.1, 0.15) is 52.0 Å². The van der Waals surface area contributed by atoms with E-state index in [1.54, 1.807) is 29.0 Å². The molecular weight excluding hydrogens is 432 g/mol. The Morgan fingerprint density at radius 1 is 1.16 bits per heavy atom. The van der Waals surface area contributed by atoms with E-state index in [0.717, 1.165) is 5.56 Å². The van der Waals surface area contributed by atoms with Gasteiger partial charge in [-0.05, 0) is 65.5 Å². The van der Waals surface area contributed by atoms with Gasteiger partial charge in [0.1, 0.15) is 5.60 Å². The van der Waals surface area contributed by atoms with Crippen LogP contribution >= 0.6 is 0 Å². The van der Waals surface area contributed by atoms with Crippen LogP contribution in [-0.2, 0) is 23.8 Å². The molecule has 0 radical (unpaired) electrons. The number of carbonyl (C=O) groups is 2. The molecule has 8 nitrogen and oxygen atoms in total. The molecule has 1 spiro atoms. The third-order valence-corrected chi connectivity index (χ3v) is 7.65. The molecule has 0 saturated carbocycles. The number of hydrogen-bond donors (Lipinski definition) is 0. The molecule has 0 N–H and O–H groups in total. The molecule has 0 aliphatic carbocycles. The van der Waals surface area contributed by atoms with E-state index in [1.165, 1.54) is 12.1 Å². The summed E-state index contributed by atoms with van der Waals surface area (Å²) < 4.78 is 35.5. The zero-order valence-corrected chi connectivity index (χ0v) is 20.4. The van der Waals surface area contributed by atoms with Gasteiger partial charge < -0.3 is 14.5 Å². The Morgan fingerprint density at radius 3 is 2.31 bits per heavy atom. The molecule has 1 aromatic rings. The number of ether oxygens (including phenoxy) is 1. The number of nitrogens with zero attached hydrogens (tertiary/aromatic N) is 2. The molecule has 32 heavy (non-hydrogen) atoms. The average Bonchev–Trinajstić information content (AvgIpc) is 2.92. The quantitative estimate of drug-likeness (QED) is 0.618. The van der Waals surface area contributed by atoms with Crippen LogP contribution in [0.2, 0.25) is 0 Å². The minimum atomic E-state index is -3.83. The van der Waals surface area contributed by atoms with E-state index in [0.29, 0.717) is 38.8 Å². The molecule has 0 bridgehead atoms. The fourth-order valence-electron chi connectivity index (χ4n) is 4.44. The molecular formula is C23H34N2O6S. The number of rotatable bonds is 5. The second-order valence-electron chi connectivity index (χ2n) is 9.90. The lowest BCUT2D eigenvalue weighted by Crippen LogP contribution is -2.47. The minimum Gasteiger partial charge on any atom is -0.444 e. The molecule has 2 heterocycles. The van der Waals surface area contributed by atoms with Crippen LogP contribution in [0.15, 0.2) is 29.2 Å². The summed E-state index contributed by atoms with van der Waals surface area (Å²) in [6.45, 7) is 8.34. The van der Waals surface area contributed by atoms with Crippen LogP contribution in [0.5, 0.6) is 0 Å². The molecule has 2 fully saturated rings. The second-order valence-corrected chi connectivity index (χ2v) is 11.5. The fraction of sp³-hybridized carbons (Fsp3) is 0.652. The highest BCUT2D eigenvalue weighted by atomic mass is 32.2. The summed E-state index contributed by atoms with van der Waals surface area (Å²) in [6.07, 6.45) is 1.88. The monoisotopic (exact) mass is 466 g/mol. The standard InChI is InChI=1S/C23H34N2O6S/c1-17-6-8-19(9-7-17)32(28,29)30-15-10-18-16-23(20(26)24(18)5)11-13-25(14-12-23)21(27)31-22(2,3)4/h6-9,18H,10-16H2,1-5H3. The number of hydrogen-bond acceptors (Lipinski definition) is 6. The van der Waals surface area contributed by atoms with E-state index in [9.17, 15) is 18.0 Å². The smallest absolute Gasteiger partial charge is 0.410 e. The zero-order chi connectivity index (χ0) is 23.7. The van der Waals surface area contributed by atoms with Gasteiger partial charge in [-0.3, -0.25) is 8.98 Å². The maximum absolute atomic E-state index is 13.0. The number of benzene rings is 1. The first-order valence-electron chi connectivity index (χ1n) is 11.0. The first kappa shape index (κ1) is 24.5. The Bertz CT molecular complexity index is 944. The third kappa shape index (κ3) is 5.43. The van der Waals surface area contributed by atoms with Crippen molar-refractivity contribution in [2.45, 2.75) is 69.9 Å². The number of piperidine rings is 1. The van der Waals surface area contributed by atoms with Crippen LogP contribution in [0.4, 0.5) is 4.79 Å². The van der Waals surface area contributed by atoms with E-state index in [1.807, 2.05) is 27.7 Å². The van der Waals surface area contributed by atoms with Gasteiger partial charge in [0.2, 0.25) is 5.91 Å². The molecule has 1 aromatic carbocycles. The van der Waals surface area contributed by atoms with E-state index >= 15 is 0 Å². The fourth-order valence-corrected chi connectivity index (χ4v) is 5.36. The predicted octanol–water partition coefficient (Wildman–Crippen LogP) is 3.34. The van der Waals surface area contributed by atoms with Gasteiger partial charge in [0, 0.05) is 26.2 Å². The normalized spacial score (nSPS) is 21.3. The van der Waals surface area contributed by atoms with Crippen molar-refractivity contribution >= 4 is 22.1 Å². The van der Waals surface area contributed by atoms with Crippen LogP contribution in [0.3, 0.4) is 0 Å². The number of carbonyl (C=O) groups excluding carboxylic acids is 2. The van der Waals surface area contributed by atoms with Gasteiger partial charge >= 0.3 is 6.09 Å². The van der Waals surface area contributed by atoms with Crippen molar-refractivity contribution in [2.75, 3.05) is 26.7 Å². The number of aryl methyl sites for hydroxylation is 1. The van der Waals surface area contributed by atoms with Gasteiger partial charge in [-0.25, -0.2) is 4.79 Å². The molecule has 2 saturated heterocycles. The van der Waals surface area contributed by atoms with Gasteiger partial charge in [0.15, 0.2) is 0 Å². The SMILES string of the molecule is Cc1ccc(S(=O)(=O)OCCC2CC3(CCN(C(=O)OC(C)(C)C)CC3)C(=O)N2C)cc1. The van der Waals surface area contributed by atoms with Gasteiger partial charge in [0.05, 0.1) is 16.9 Å². The van der Waals surface area contributed by atoms with Crippen molar-refractivity contribution in [1.82, 2.24) is 9.80 Å². The Labute approximate surface area is 191 Å². The molecule has 0 aromatic heterocycles. The summed E-state index contributed by atoms with van der Waals surface area (Å²) in [5.41, 5.74) is -0.0917. The summed E-state index contributed by atoms with van der Waals surface area (Å²) in [4.78, 5) is 28.9. The summed E-state index contributed by atoms with van der Waals surface area (Å²) in [5.74, 6) is 0.0627. The molecule has 2 amide bonds. The first-order valence-corrected chi connectivity index (χ1v) is 12.5. The van der Waals surface area contributed by atoms with Crippen molar-refractivity contribution in [3.8, 4) is 0 Å². The first-order chi connectivity index (χ1) is 14.8. The molecule has 2 aliphatic rings. The van der Waals surface area contributed by atoms with Crippen LogP contribution in [0, 0.1) is 12.3 Å². The van der Waals surface area contributed by atoms with Crippen molar-refractivity contribution in [3.63, 3.8) is 0 Å². The van der Waals surface area contributed by atoms with Gasteiger partial charge in [-0.1, -0.05) is 17.7 Å². The zero-order valence-electron chi connectivity index (χ0n) is 19.6. The molecule has 178 valence electrons. The highest BCUT2D eigenvalue weighted by Gasteiger charge is 2.51. The van der Waals surface area contributed by atoms with Crippen molar-refractivity contribution in [1.29, 1.82) is 0 Å². The molecule has 1 unspecified atom stereocenters. The van der Waals surface area contributed by atoms with Crippen molar-refractivity contribution in [2.24, 2.45) is 5.41 Å². The summed E-state index contributed by atoms with van der Waals surface area (Å²) in [7, 11) is -2.07. The van der Waals surface area contributed by atoms with Gasteiger partial charge in [0.25, 0.3) is 10.1 Å². The number of amides is 2. The Kier molecular flexibility index (Phi) is 6.91. The van der Waals surface area contributed by atoms with Crippen LogP contribution < -0.4 is 0 Å². The maximum atomic E-state index is 13.0. The Hall–Kier alpha value is -2.13. The predicted molar refractivity (Wildman–Crippen MR) is 120 cm³/mol. The lowest BCUT2D eigenvalue weighted by Gasteiger charge is -2.38. The highest BCUT2D eigenvalue weighted by Crippen LogP contribution is 2.45. The maximum Gasteiger partial charge on any atom is 0.410 e. The van der Waals surface area contributed by atoms with Gasteiger partial charge in [-0.15, -0.1) is 0 Å². The topological polar surface area (TPSA) is 93.2 Å². The van der Waals surface area contributed by atoms with Crippen LogP contribution in [-0.4, -0.2) is 68.6 Å². The third-order valence-electron chi connectivity index (χ3n) is 6.32. The van der Waals surface area contributed by atoms with E-state index in [2.05, 4.69) is 0 Å². The molecule has 1 atom stereocenters. The van der Waals surface area contributed by atoms with Crippen molar-refractivity contribution in [3.05, 3.63) is 29.8 Å².